The van der Waals surface area contributed by atoms with Crippen molar-refractivity contribution in [1.29, 1.82) is 0 Å². The van der Waals surface area contributed by atoms with Gasteiger partial charge in [0.1, 0.15) is 5.67 Å². The molecular formula is C17H30FN3O2. The molecule has 0 aromatic rings. The number of hydrogen-bond donors (Lipinski definition) is 1. The van der Waals surface area contributed by atoms with Crippen LogP contribution >= 0.6 is 0 Å². The van der Waals surface area contributed by atoms with E-state index in [4.69, 9.17) is 0 Å². The fraction of sp³-hybridized carbons (Fsp3) is 0.882. The van der Waals surface area contributed by atoms with Crippen molar-refractivity contribution < 1.29 is 14.0 Å². The molecule has 2 fully saturated rings. The summed E-state index contributed by atoms with van der Waals surface area (Å²) in [5.41, 5.74) is -1.17. The third-order valence-electron chi connectivity index (χ3n) is 5.16. The maximum Gasteiger partial charge on any atom is 0.317 e. The fourth-order valence-electron chi connectivity index (χ4n) is 3.56. The number of likely N-dealkylation sites (tertiary alicyclic amines) is 2. The predicted octanol–water partition coefficient (Wildman–Crippen LogP) is 2.41. The minimum Gasteiger partial charge on any atom is -0.340 e. The van der Waals surface area contributed by atoms with Crippen molar-refractivity contribution in [2.45, 2.75) is 58.7 Å². The Labute approximate surface area is 138 Å². The summed E-state index contributed by atoms with van der Waals surface area (Å²) in [6.45, 7) is 9.70. The highest BCUT2D eigenvalue weighted by Gasteiger charge is 2.34. The molecule has 0 radical (unpaired) electrons. The first-order valence-electron chi connectivity index (χ1n) is 8.69. The number of hydrogen-bond acceptors (Lipinski definition) is 2. The monoisotopic (exact) mass is 327 g/mol. The summed E-state index contributed by atoms with van der Waals surface area (Å²) in [6.07, 6.45) is 1.93. The number of urea groups is 1. The number of nitrogens with one attached hydrogen (secondary N) is 1. The van der Waals surface area contributed by atoms with Crippen LogP contribution in [0.15, 0.2) is 0 Å². The molecule has 1 N–H and O–H groups in total. The third kappa shape index (κ3) is 4.58. The Bertz CT molecular complexity index is 440. The Morgan fingerprint density at radius 1 is 1.35 bits per heavy atom. The molecule has 2 rings (SSSR count). The lowest BCUT2D eigenvalue weighted by Crippen LogP contribution is -2.48. The van der Waals surface area contributed by atoms with Gasteiger partial charge in [0, 0.05) is 44.6 Å². The van der Waals surface area contributed by atoms with Crippen LogP contribution in [0.1, 0.15) is 47.0 Å². The van der Waals surface area contributed by atoms with E-state index in [0.717, 1.165) is 6.54 Å². The van der Waals surface area contributed by atoms with Gasteiger partial charge in [-0.25, -0.2) is 9.18 Å². The smallest absolute Gasteiger partial charge is 0.317 e. The average molecular weight is 327 g/mol. The Kier molecular flexibility index (Phi) is 5.53. The zero-order valence-electron chi connectivity index (χ0n) is 14.8. The van der Waals surface area contributed by atoms with Gasteiger partial charge in [0.2, 0.25) is 5.91 Å². The molecule has 0 aromatic heterocycles. The lowest BCUT2D eigenvalue weighted by molar-refractivity contribution is -0.129. The van der Waals surface area contributed by atoms with Crippen molar-refractivity contribution in [2.75, 3.05) is 26.2 Å². The molecule has 23 heavy (non-hydrogen) atoms. The van der Waals surface area contributed by atoms with E-state index in [1.807, 2.05) is 18.7 Å². The Morgan fingerprint density at radius 2 is 1.96 bits per heavy atom. The summed E-state index contributed by atoms with van der Waals surface area (Å²) in [5, 5.41) is 2.94. The van der Waals surface area contributed by atoms with Gasteiger partial charge in [-0.2, -0.15) is 0 Å². The molecule has 3 amide bonds. The van der Waals surface area contributed by atoms with Crippen LogP contribution in [0.4, 0.5) is 9.18 Å². The van der Waals surface area contributed by atoms with Crippen molar-refractivity contribution >= 4 is 11.9 Å². The maximum absolute atomic E-state index is 13.9. The summed E-state index contributed by atoms with van der Waals surface area (Å²) in [5.74, 6) is 0.389. The number of halogens is 1. The summed E-state index contributed by atoms with van der Waals surface area (Å²) in [4.78, 5) is 27.7. The van der Waals surface area contributed by atoms with Crippen molar-refractivity contribution in [1.82, 2.24) is 15.1 Å². The average Bonchev–Trinajstić information content (AvgIpc) is 2.85. The van der Waals surface area contributed by atoms with Crippen LogP contribution in [0.25, 0.3) is 0 Å². The Morgan fingerprint density at radius 3 is 2.43 bits per heavy atom. The zero-order valence-corrected chi connectivity index (χ0v) is 14.8. The summed E-state index contributed by atoms with van der Waals surface area (Å²) >= 11 is 0. The molecule has 5 nitrogen and oxygen atoms in total. The van der Waals surface area contributed by atoms with Gasteiger partial charge < -0.3 is 15.1 Å². The lowest BCUT2D eigenvalue weighted by Gasteiger charge is -2.36. The highest BCUT2D eigenvalue weighted by molar-refractivity contribution is 5.79. The number of piperidine rings is 1. The summed E-state index contributed by atoms with van der Waals surface area (Å²) in [7, 11) is 0. The molecular weight excluding hydrogens is 297 g/mol. The van der Waals surface area contributed by atoms with Crippen LogP contribution in [-0.4, -0.2) is 59.6 Å². The minimum absolute atomic E-state index is 0.0265. The van der Waals surface area contributed by atoms with E-state index in [0.29, 0.717) is 38.9 Å². The number of amides is 3. The molecule has 2 saturated heterocycles. The van der Waals surface area contributed by atoms with Crippen LogP contribution in [-0.2, 0) is 4.79 Å². The number of carbonyl (C=O) groups is 2. The second kappa shape index (κ2) is 7.05. The minimum atomic E-state index is -1.17. The number of nitrogens with zero attached hydrogens (tertiary/aromatic N) is 2. The first kappa shape index (κ1) is 18.0. The molecule has 1 unspecified atom stereocenters. The van der Waals surface area contributed by atoms with Gasteiger partial charge in [-0.05, 0) is 46.5 Å². The van der Waals surface area contributed by atoms with E-state index in [2.05, 4.69) is 5.32 Å². The van der Waals surface area contributed by atoms with Gasteiger partial charge in [0.15, 0.2) is 0 Å². The molecule has 0 bridgehead atoms. The van der Waals surface area contributed by atoms with Crippen molar-refractivity contribution in [3.05, 3.63) is 0 Å². The van der Waals surface area contributed by atoms with Gasteiger partial charge in [0.05, 0.1) is 0 Å². The van der Waals surface area contributed by atoms with Crippen molar-refractivity contribution in [2.24, 2.45) is 11.8 Å². The summed E-state index contributed by atoms with van der Waals surface area (Å²) in [6, 6.07) is 0.127. The van der Waals surface area contributed by atoms with Crippen LogP contribution in [0.5, 0.6) is 0 Å². The number of rotatable bonds is 4. The van der Waals surface area contributed by atoms with Gasteiger partial charge >= 0.3 is 6.03 Å². The molecule has 0 saturated carbocycles. The topological polar surface area (TPSA) is 52.7 Å². The van der Waals surface area contributed by atoms with E-state index < -0.39 is 5.67 Å². The zero-order chi connectivity index (χ0) is 17.2. The van der Waals surface area contributed by atoms with Gasteiger partial charge in [-0.15, -0.1) is 0 Å². The summed E-state index contributed by atoms with van der Waals surface area (Å²) < 4.78 is 13.9. The number of carbonyl (C=O) groups excluding carboxylic acids is 2. The van der Waals surface area contributed by atoms with Crippen LogP contribution in [0.3, 0.4) is 0 Å². The van der Waals surface area contributed by atoms with Gasteiger partial charge in [0.25, 0.3) is 0 Å². The first-order chi connectivity index (χ1) is 10.7. The van der Waals surface area contributed by atoms with E-state index in [-0.39, 0.29) is 29.8 Å². The number of alkyl halides is 1. The molecule has 0 aliphatic carbocycles. The van der Waals surface area contributed by atoms with E-state index >= 15 is 0 Å². The molecule has 2 heterocycles. The second-order valence-electron chi connectivity index (χ2n) is 7.72. The van der Waals surface area contributed by atoms with Gasteiger partial charge in [-0.3, -0.25) is 4.79 Å². The quantitative estimate of drug-likeness (QED) is 0.862. The maximum atomic E-state index is 13.9. The van der Waals surface area contributed by atoms with E-state index in [1.54, 1.807) is 18.7 Å². The molecule has 2 aliphatic heterocycles. The second-order valence-corrected chi connectivity index (χ2v) is 7.72. The highest BCUT2D eigenvalue weighted by Crippen LogP contribution is 2.30. The Hall–Kier alpha value is -1.33. The normalized spacial score (nSPS) is 23.7. The highest BCUT2D eigenvalue weighted by atomic mass is 19.1. The van der Waals surface area contributed by atoms with Crippen molar-refractivity contribution in [3.8, 4) is 0 Å². The van der Waals surface area contributed by atoms with E-state index in [9.17, 15) is 14.0 Å². The van der Waals surface area contributed by atoms with Crippen LogP contribution in [0.2, 0.25) is 0 Å². The third-order valence-corrected chi connectivity index (χ3v) is 5.16. The molecule has 132 valence electrons. The standard InChI is InChI=1S/C17H30FN3O2/c1-12(2)21-11-13(9-15(21)22)10-19-16(23)20-7-5-14(6-8-20)17(3,4)18/h12-14H,5-11H2,1-4H3,(H,19,23). The van der Waals surface area contributed by atoms with Crippen LogP contribution < -0.4 is 5.32 Å². The molecule has 0 aromatic carbocycles. The molecule has 6 heteroatoms. The first-order valence-corrected chi connectivity index (χ1v) is 8.69. The molecule has 2 aliphatic rings. The Balaban J connectivity index is 1.73. The lowest BCUT2D eigenvalue weighted by atomic mass is 9.84. The largest absolute Gasteiger partial charge is 0.340 e. The van der Waals surface area contributed by atoms with Gasteiger partial charge in [-0.1, -0.05) is 0 Å². The fourth-order valence-corrected chi connectivity index (χ4v) is 3.56. The predicted molar refractivity (Wildman–Crippen MR) is 87.8 cm³/mol. The molecule has 1 atom stereocenters. The van der Waals surface area contributed by atoms with Crippen LogP contribution in [0, 0.1) is 11.8 Å². The van der Waals surface area contributed by atoms with E-state index in [1.165, 1.54) is 0 Å². The van der Waals surface area contributed by atoms with Crippen molar-refractivity contribution in [3.63, 3.8) is 0 Å². The SMILES string of the molecule is CC(C)N1CC(CNC(=O)N2CCC(C(C)(C)F)CC2)CC1=O. The molecule has 0 spiro atoms.